The lowest BCUT2D eigenvalue weighted by Crippen LogP contribution is -2.25. The molecule has 0 spiro atoms. The Kier molecular flexibility index (Phi) is 4.77. The van der Waals surface area contributed by atoms with E-state index in [1.165, 1.54) is 28.6 Å². The summed E-state index contributed by atoms with van der Waals surface area (Å²) in [5.74, 6) is 1.51. The molecular formula is C14H19N5OS2. The number of amides is 1. The highest BCUT2D eigenvalue weighted by molar-refractivity contribution is 7.99. The van der Waals surface area contributed by atoms with Gasteiger partial charge in [-0.2, -0.15) is 0 Å². The lowest BCUT2D eigenvalue weighted by Gasteiger charge is -2.16. The molecule has 0 saturated heterocycles. The summed E-state index contributed by atoms with van der Waals surface area (Å²) in [6.07, 6.45) is 3.45. The van der Waals surface area contributed by atoms with Gasteiger partial charge in [0.1, 0.15) is 0 Å². The average molecular weight is 337 g/mol. The lowest BCUT2D eigenvalue weighted by molar-refractivity contribution is 0.0960. The smallest absolute Gasteiger partial charge is 0.261 e. The third kappa shape index (κ3) is 3.49. The third-order valence-corrected chi connectivity index (χ3v) is 6.00. The number of hydrogen-bond acceptors (Lipinski definition) is 6. The van der Waals surface area contributed by atoms with Gasteiger partial charge in [0.2, 0.25) is 5.16 Å². The first-order chi connectivity index (χ1) is 10.6. The summed E-state index contributed by atoms with van der Waals surface area (Å²) in [5.41, 5.74) is 1.37. The van der Waals surface area contributed by atoms with E-state index >= 15 is 0 Å². The molecule has 0 fully saturated rings. The Bertz CT molecular complexity index is 666. The van der Waals surface area contributed by atoms with E-state index in [0.29, 0.717) is 6.54 Å². The molecule has 1 aliphatic rings. The van der Waals surface area contributed by atoms with Gasteiger partial charge in [-0.25, -0.2) is 4.68 Å². The van der Waals surface area contributed by atoms with Crippen molar-refractivity contribution in [2.75, 3.05) is 12.3 Å². The summed E-state index contributed by atoms with van der Waals surface area (Å²) < 4.78 is 1.63. The molecule has 0 bridgehead atoms. The number of carbonyl (C=O) groups excluding carboxylic acids is 1. The molecule has 6 nitrogen and oxygen atoms in total. The lowest BCUT2D eigenvalue weighted by atomic mass is 9.90. The van der Waals surface area contributed by atoms with Crippen LogP contribution in [0.3, 0.4) is 0 Å². The molecule has 2 aromatic rings. The molecule has 8 heteroatoms. The maximum atomic E-state index is 12.2. The number of nitrogens with zero attached hydrogens (tertiary/aromatic N) is 4. The second kappa shape index (κ2) is 6.78. The standard InChI is InChI=1S/C14H19N5OS2/c1-9-3-4-11-10(7-9)8-12(22-11)13(20)15-5-6-21-14-16-17-18-19(14)2/h8-9H,3-7H2,1-2H3,(H,15,20)/t9-/m0/s1. The second-order valence-electron chi connectivity index (χ2n) is 5.60. The largest absolute Gasteiger partial charge is 0.350 e. The first-order valence-electron chi connectivity index (χ1n) is 7.38. The average Bonchev–Trinajstić information content (AvgIpc) is 3.09. The Morgan fingerprint density at radius 3 is 3.23 bits per heavy atom. The number of aromatic nitrogens is 4. The van der Waals surface area contributed by atoms with Crippen LogP contribution < -0.4 is 5.32 Å². The van der Waals surface area contributed by atoms with E-state index in [9.17, 15) is 4.79 Å². The zero-order valence-electron chi connectivity index (χ0n) is 12.7. The summed E-state index contributed by atoms with van der Waals surface area (Å²) in [4.78, 5) is 14.4. The Balaban J connectivity index is 1.49. The molecule has 0 saturated carbocycles. The fourth-order valence-corrected chi connectivity index (χ4v) is 4.38. The number of fused-ring (bicyclic) bond motifs is 1. The Morgan fingerprint density at radius 2 is 2.45 bits per heavy atom. The Labute approximate surface area is 137 Å². The van der Waals surface area contributed by atoms with Crippen LogP contribution in [-0.2, 0) is 19.9 Å². The molecule has 22 heavy (non-hydrogen) atoms. The molecule has 1 atom stereocenters. The van der Waals surface area contributed by atoms with Gasteiger partial charge in [-0.1, -0.05) is 18.7 Å². The molecule has 0 unspecified atom stereocenters. The third-order valence-electron chi connectivity index (χ3n) is 3.75. The second-order valence-corrected chi connectivity index (χ2v) is 7.80. The van der Waals surface area contributed by atoms with Crippen LogP contribution in [0.15, 0.2) is 11.2 Å². The van der Waals surface area contributed by atoms with Crippen LogP contribution in [0.25, 0.3) is 0 Å². The number of rotatable bonds is 5. The topological polar surface area (TPSA) is 72.7 Å². The quantitative estimate of drug-likeness (QED) is 0.666. The molecular weight excluding hydrogens is 318 g/mol. The Hall–Kier alpha value is -1.41. The number of carbonyl (C=O) groups is 1. The number of tetrazole rings is 1. The minimum Gasteiger partial charge on any atom is -0.350 e. The van der Waals surface area contributed by atoms with Crippen molar-refractivity contribution < 1.29 is 4.79 Å². The summed E-state index contributed by atoms with van der Waals surface area (Å²) >= 11 is 3.18. The highest BCUT2D eigenvalue weighted by atomic mass is 32.2. The Morgan fingerprint density at radius 1 is 1.59 bits per heavy atom. The minimum atomic E-state index is 0.0312. The van der Waals surface area contributed by atoms with Crippen molar-refractivity contribution in [1.82, 2.24) is 25.5 Å². The van der Waals surface area contributed by atoms with E-state index in [1.807, 2.05) is 0 Å². The van der Waals surface area contributed by atoms with E-state index in [0.717, 1.165) is 34.5 Å². The molecule has 1 N–H and O–H groups in total. The van der Waals surface area contributed by atoms with E-state index < -0.39 is 0 Å². The van der Waals surface area contributed by atoms with Crippen LogP contribution in [0.4, 0.5) is 0 Å². The normalized spacial score (nSPS) is 17.3. The van der Waals surface area contributed by atoms with Crippen molar-refractivity contribution in [1.29, 1.82) is 0 Å². The van der Waals surface area contributed by atoms with E-state index in [4.69, 9.17) is 0 Å². The number of hydrogen-bond donors (Lipinski definition) is 1. The minimum absolute atomic E-state index is 0.0312. The first-order valence-corrected chi connectivity index (χ1v) is 9.18. The summed E-state index contributed by atoms with van der Waals surface area (Å²) in [7, 11) is 1.80. The zero-order chi connectivity index (χ0) is 15.5. The maximum absolute atomic E-state index is 12.2. The van der Waals surface area contributed by atoms with Crippen LogP contribution in [0, 0.1) is 5.92 Å². The molecule has 118 valence electrons. The van der Waals surface area contributed by atoms with Gasteiger partial charge in [-0.15, -0.1) is 16.4 Å². The number of thioether (sulfide) groups is 1. The van der Waals surface area contributed by atoms with Crippen molar-refractivity contribution in [2.24, 2.45) is 13.0 Å². The number of nitrogens with one attached hydrogen (secondary N) is 1. The fourth-order valence-electron chi connectivity index (χ4n) is 2.56. The van der Waals surface area contributed by atoms with E-state index in [1.54, 1.807) is 23.1 Å². The number of aryl methyl sites for hydroxylation is 2. The van der Waals surface area contributed by atoms with Gasteiger partial charge in [-0.3, -0.25) is 4.79 Å². The van der Waals surface area contributed by atoms with Crippen molar-refractivity contribution in [3.63, 3.8) is 0 Å². The summed E-state index contributed by atoms with van der Waals surface area (Å²) in [6.45, 7) is 2.88. The zero-order valence-corrected chi connectivity index (χ0v) is 14.3. The molecule has 3 rings (SSSR count). The SMILES string of the molecule is C[C@H]1CCc2sc(C(=O)NCCSc3nnnn3C)cc2C1. The highest BCUT2D eigenvalue weighted by Gasteiger charge is 2.20. The molecule has 2 aromatic heterocycles. The molecule has 1 aliphatic carbocycles. The fraction of sp³-hybridized carbons (Fsp3) is 0.571. The van der Waals surface area contributed by atoms with Gasteiger partial charge >= 0.3 is 0 Å². The predicted molar refractivity (Wildman–Crippen MR) is 87.4 cm³/mol. The molecule has 0 aliphatic heterocycles. The summed E-state index contributed by atoms with van der Waals surface area (Å²) in [5, 5.41) is 15.0. The van der Waals surface area contributed by atoms with Crippen molar-refractivity contribution in [3.05, 3.63) is 21.4 Å². The van der Waals surface area contributed by atoms with Crippen LogP contribution in [0.1, 0.15) is 33.5 Å². The van der Waals surface area contributed by atoms with Crippen LogP contribution in [-0.4, -0.2) is 38.4 Å². The first kappa shape index (κ1) is 15.5. The summed E-state index contributed by atoms with van der Waals surface area (Å²) in [6, 6.07) is 2.07. The van der Waals surface area contributed by atoms with E-state index in [2.05, 4.69) is 33.8 Å². The predicted octanol–water partition coefficient (Wildman–Crippen LogP) is 1.92. The maximum Gasteiger partial charge on any atom is 0.261 e. The highest BCUT2D eigenvalue weighted by Crippen LogP contribution is 2.32. The molecule has 0 radical (unpaired) electrons. The monoisotopic (exact) mass is 337 g/mol. The van der Waals surface area contributed by atoms with Gasteiger partial charge < -0.3 is 5.32 Å². The van der Waals surface area contributed by atoms with Crippen molar-refractivity contribution in [3.8, 4) is 0 Å². The van der Waals surface area contributed by atoms with Gasteiger partial charge in [0.25, 0.3) is 5.91 Å². The van der Waals surface area contributed by atoms with Gasteiger partial charge in [0.15, 0.2) is 0 Å². The van der Waals surface area contributed by atoms with Gasteiger partial charge in [0, 0.05) is 24.2 Å². The molecule has 0 aromatic carbocycles. The van der Waals surface area contributed by atoms with Crippen molar-refractivity contribution >= 4 is 29.0 Å². The van der Waals surface area contributed by atoms with Crippen LogP contribution >= 0.6 is 23.1 Å². The molecule has 2 heterocycles. The van der Waals surface area contributed by atoms with Crippen LogP contribution in [0.5, 0.6) is 0 Å². The van der Waals surface area contributed by atoms with E-state index in [-0.39, 0.29) is 5.91 Å². The van der Waals surface area contributed by atoms with Gasteiger partial charge in [-0.05, 0) is 47.2 Å². The van der Waals surface area contributed by atoms with Crippen molar-refractivity contribution in [2.45, 2.75) is 31.3 Å². The molecule has 1 amide bonds. The van der Waals surface area contributed by atoms with Crippen LogP contribution in [0.2, 0.25) is 0 Å². The van der Waals surface area contributed by atoms with Gasteiger partial charge in [0.05, 0.1) is 4.88 Å². The number of thiophene rings is 1.